The lowest BCUT2D eigenvalue weighted by molar-refractivity contribution is 0.00578. The van der Waals surface area contributed by atoms with Crippen LogP contribution in [0, 0.1) is 0 Å². The Hall–Kier alpha value is -1.32. The number of thioether (sulfide) groups is 1. The number of carbonyl (C=O) groups excluding carboxylic acids is 1. The third-order valence-corrected chi connectivity index (χ3v) is 6.62. The minimum atomic E-state index is -0.483. The molecule has 7 nitrogen and oxygen atoms in total. The number of amides is 1. The Morgan fingerprint density at radius 3 is 2.34 bits per heavy atom. The monoisotopic (exact) mass is 421 g/mol. The van der Waals surface area contributed by atoms with Crippen LogP contribution >= 0.6 is 11.8 Å². The molecule has 0 spiro atoms. The highest BCUT2D eigenvalue weighted by molar-refractivity contribution is 7.99. The van der Waals surface area contributed by atoms with E-state index in [-0.39, 0.29) is 11.3 Å². The predicted molar refractivity (Wildman–Crippen MR) is 114 cm³/mol. The van der Waals surface area contributed by atoms with Gasteiger partial charge in [-0.25, -0.2) is 14.8 Å². The van der Waals surface area contributed by atoms with Crippen LogP contribution in [-0.2, 0) is 14.0 Å². The summed E-state index contributed by atoms with van der Waals surface area (Å²) in [4.78, 5) is 23.1. The SMILES string of the molecule is CC(C)(C)OC(=O)N1CCC[C@H](Sc2ncc(B3OC(C)(C)C(C)(C)O3)cn2)C1. The van der Waals surface area contributed by atoms with E-state index in [1.165, 1.54) is 0 Å². The Morgan fingerprint density at radius 1 is 1.21 bits per heavy atom. The molecular formula is C20H32BN3O4S. The molecule has 2 aliphatic rings. The first kappa shape index (κ1) is 22.4. The zero-order chi connectivity index (χ0) is 21.4. The second-order valence-electron chi connectivity index (χ2n) is 9.70. The number of hydrogen-bond acceptors (Lipinski definition) is 7. The van der Waals surface area contributed by atoms with E-state index in [0.29, 0.717) is 11.7 Å². The largest absolute Gasteiger partial charge is 0.498 e. The van der Waals surface area contributed by atoms with Gasteiger partial charge in [0.05, 0.1) is 11.2 Å². The van der Waals surface area contributed by atoms with E-state index in [1.54, 1.807) is 29.1 Å². The number of likely N-dealkylation sites (tertiary alicyclic amines) is 1. The topological polar surface area (TPSA) is 73.8 Å². The molecule has 0 unspecified atom stereocenters. The fraction of sp³-hybridized carbons (Fsp3) is 0.750. The highest BCUT2D eigenvalue weighted by Crippen LogP contribution is 2.36. The molecule has 0 saturated carbocycles. The van der Waals surface area contributed by atoms with Crippen LogP contribution in [0.4, 0.5) is 4.79 Å². The number of aromatic nitrogens is 2. The predicted octanol–water partition coefficient (Wildman–Crippen LogP) is 3.27. The van der Waals surface area contributed by atoms with Crippen molar-refractivity contribution in [1.82, 2.24) is 14.9 Å². The smallest absolute Gasteiger partial charge is 0.444 e. The first-order chi connectivity index (χ1) is 13.4. The quantitative estimate of drug-likeness (QED) is 0.548. The average molecular weight is 421 g/mol. The van der Waals surface area contributed by atoms with Crippen LogP contribution in [0.15, 0.2) is 17.6 Å². The number of nitrogens with zero attached hydrogens (tertiary/aromatic N) is 3. The standard InChI is InChI=1S/C20H32BN3O4S/c1-18(2,3)26-17(25)24-10-8-9-15(13-24)29-16-22-11-14(12-23-16)21-27-19(4,5)20(6,7)28-21/h11-12,15H,8-10,13H2,1-7H3/t15-/m0/s1. The van der Waals surface area contributed by atoms with Crippen LogP contribution in [0.2, 0.25) is 0 Å². The normalized spacial score (nSPS) is 23.9. The average Bonchev–Trinajstić information content (AvgIpc) is 2.82. The van der Waals surface area contributed by atoms with Gasteiger partial charge in [-0.2, -0.15) is 0 Å². The van der Waals surface area contributed by atoms with Gasteiger partial charge in [-0.1, -0.05) is 11.8 Å². The summed E-state index contributed by atoms with van der Waals surface area (Å²) >= 11 is 1.60. The Balaban J connectivity index is 1.58. The maximum absolute atomic E-state index is 12.3. The van der Waals surface area contributed by atoms with Crippen molar-refractivity contribution in [1.29, 1.82) is 0 Å². The molecule has 0 aliphatic carbocycles. The third-order valence-electron chi connectivity index (χ3n) is 5.48. The molecule has 160 valence electrons. The van der Waals surface area contributed by atoms with Gasteiger partial charge in [0.25, 0.3) is 0 Å². The van der Waals surface area contributed by atoms with E-state index < -0.39 is 23.9 Å². The molecule has 2 saturated heterocycles. The fourth-order valence-electron chi connectivity index (χ4n) is 3.16. The van der Waals surface area contributed by atoms with E-state index in [4.69, 9.17) is 14.0 Å². The highest BCUT2D eigenvalue weighted by atomic mass is 32.2. The van der Waals surface area contributed by atoms with E-state index in [0.717, 1.165) is 24.8 Å². The summed E-state index contributed by atoms with van der Waals surface area (Å²) in [6.45, 7) is 15.1. The maximum atomic E-state index is 12.3. The van der Waals surface area contributed by atoms with E-state index >= 15 is 0 Å². The zero-order valence-corrected chi connectivity index (χ0v) is 19.3. The van der Waals surface area contributed by atoms with Crippen molar-refractivity contribution in [2.45, 2.75) is 88.5 Å². The molecule has 9 heteroatoms. The second kappa shape index (κ2) is 8.08. The van der Waals surface area contributed by atoms with Crippen LogP contribution in [0.1, 0.15) is 61.3 Å². The Morgan fingerprint density at radius 2 is 1.79 bits per heavy atom. The highest BCUT2D eigenvalue weighted by Gasteiger charge is 2.52. The van der Waals surface area contributed by atoms with E-state index in [1.807, 2.05) is 48.5 Å². The van der Waals surface area contributed by atoms with Crippen molar-refractivity contribution in [3.8, 4) is 0 Å². The van der Waals surface area contributed by atoms with Gasteiger partial charge in [0.2, 0.25) is 0 Å². The summed E-state index contributed by atoms with van der Waals surface area (Å²) < 4.78 is 17.6. The lowest BCUT2D eigenvalue weighted by atomic mass is 9.81. The summed E-state index contributed by atoms with van der Waals surface area (Å²) in [6.07, 6.45) is 5.26. The summed E-state index contributed by atoms with van der Waals surface area (Å²) in [5, 5.41) is 0.945. The molecule has 29 heavy (non-hydrogen) atoms. The number of ether oxygens (including phenoxy) is 1. The van der Waals surface area contributed by atoms with Gasteiger partial charge in [0, 0.05) is 36.2 Å². The molecule has 1 aromatic heterocycles. The van der Waals surface area contributed by atoms with Gasteiger partial charge >= 0.3 is 13.2 Å². The van der Waals surface area contributed by atoms with Crippen molar-refractivity contribution in [2.75, 3.05) is 13.1 Å². The molecule has 3 heterocycles. The maximum Gasteiger partial charge on any atom is 0.498 e. The minimum Gasteiger partial charge on any atom is -0.444 e. The molecule has 0 aromatic carbocycles. The van der Waals surface area contributed by atoms with Crippen molar-refractivity contribution >= 4 is 30.4 Å². The van der Waals surface area contributed by atoms with Crippen LogP contribution < -0.4 is 5.46 Å². The van der Waals surface area contributed by atoms with Crippen molar-refractivity contribution in [3.05, 3.63) is 12.4 Å². The molecule has 2 fully saturated rings. The van der Waals surface area contributed by atoms with Gasteiger partial charge in [-0.3, -0.25) is 0 Å². The first-order valence-corrected chi connectivity index (χ1v) is 11.1. The van der Waals surface area contributed by atoms with Gasteiger partial charge in [-0.05, 0) is 61.3 Å². The minimum absolute atomic E-state index is 0.249. The molecule has 1 atom stereocenters. The molecule has 3 rings (SSSR count). The van der Waals surface area contributed by atoms with Crippen LogP contribution in [0.5, 0.6) is 0 Å². The molecule has 0 N–H and O–H groups in total. The summed E-state index contributed by atoms with van der Waals surface area (Å²) in [6, 6.07) is 0. The Bertz CT molecular complexity index is 720. The Kier molecular flexibility index (Phi) is 6.23. The van der Waals surface area contributed by atoms with Crippen molar-refractivity contribution in [2.24, 2.45) is 0 Å². The third kappa shape index (κ3) is 5.44. The van der Waals surface area contributed by atoms with Gasteiger partial charge in [-0.15, -0.1) is 0 Å². The first-order valence-electron chi connectivity index (χ1n) is 10.2. The number of hydrogen-bond donors (Lipinski definition) is 0. The summed E-state index contributed by atoms with van der Waals surface area (Å²) in [5.41, 5.74) is -0.452. The summed E-state index contributed by atoms with van der Waals surface area (Å²) in [7, 11) is -0.462. The lowest BCUT2D eigenvalue weighted by Gasteiger charge is -2.33. The van der Waals surface area contributed by atoms with Gasteiger partial charge in [0.1, 0.15) is 5.60 Å². The van der Waals surface area contributed by atoms with Crippen molar-refractivity contribution in [3.63, 3.8) is 0 Å². The second-order valence-corrected chi connectivity index (χ2v) is 11.0. The Labute approximate surface area is 178 Å². The van der Waals surface area contributed by atoms with E-state index in [9.17, 15) is 4.79 Å². The zero-order valence-electron chi connectivity index (χ0n) is 18.5. The molecular weight excluding hydrogens is 389 g/mol. The van der Waals surface area contributed by atoms with E-state index in [2.05, 4.69) is 9.97 Å². The van der Waals surface area contributed by atoms with Gasteiger partial charge in [0.15, 0.2) is 5.16 Å². The number of piperidine rings is 1. The fourth-order valence-corrected chi connectivity index (χ4v) is 4.23. The molecule has 0 radical (unpaired) electrons. The van der Waals surface area contributed by atoms with Crippen LogP contribution in [0.25, 0.3) is 0 Å². The van der Waals surface area contributed by atoms with Gasteiger partial charge < -0.3 is 18.9 Å². The molecule has 2 aliphatic heterocycles. The number of rotatable bonds is 3. The molecule has 0 bridgehead atoms. The summed E-state index contributed by atoms with van der Waals surface area (Å²) in [5.74, 6) is 0. The number of carbonyl (C=O) groups is 1. The van der Waals surface area contributed by atoms with Crippen molar-refractivity contribution < 1.29 is 18.8 Å². The lowest BCUT2D eigenvalue weighted by Crippen LogP contribution is -2.43. The molecule has 1 amide bonds. The molecule has 1 aromatic rings. The van der Waals surface area contributed by atoms with Crippen LogP contribution in [0.3, 0.4) is 0 Å². The van der Waals surface area contributed by atoms with Crippen LogP contribution in [-0.4, -0.2) is 63.2 Å².